The Labute approximate surface area is 164 Å². The van der Waals surface area contributed by atoms with Crippen molar-refractivity contribution in [1.82, 2.24) is 25.4 Å². The zero-order valence-corrected chi connectivity index (χ0v) is 16.4. The Kier molecular flexibility index (Phi) is 5.67. The number of aromatic nitrogens is 3. The first-order chi connectivity index (χ1) is 12.6. The zero-order valence-electron chi connectivity index (χ0n) is 15.6. The number of aryl methyl sites for hydroxylation is 1. The topological polar surface area (TPSA) is 92.2 Å². The Morgan fingerprint density at radius 3 is 2.59 bits per heavy atom. The number of anilines is 1. The van der Waals surface area contributed by atoms with Gasteiger partial charge in [-0.2, -0.15) is 5.10 Å². The van der Waals surface area contributed by atoms with Crippen LogP contribution in [0.5, 0.6) is 0 Å². The second kappa shape index (κ2) is 7.82. The Morgan fingerprint density at radius 1 is 1.19 bits per heavy atom. The van der Waals surface area contributed by atoms with Crippen molar-refractivity contribution in [2.45, 2.75) is 37.6 Å². The molecule has 1 unspecified atom stereocenters. The summed E-state index contributed by atoms with van der Waals surface area (Å²) in [6.07, 6.45) is 3.04. The van der Waals surface area contributed by atoms with Crippen LogP contribution in [-0.4, -0.2) is 52.8 Å². The van der Waals surface area contributed by atoms with Crippen LogP contribution in [0.1, 0.15) is 37.3 Å². The largest absolute Gasteiger partial charge is 0.356 e. The Bertz CT molecular complexity index is 859. The van der Waals surface area contributed by atoms with Crippen LogP contribution < -0.4 is 15.5 Å². The average Bonchev–Trinajstić information content (AvgIpc) is 2.98. The van der Waals surface area contributed by atoms with Gasteiger partial charge in [0.05, 0.1) is 11.6 Å². The number of nitrogens with one attached hydrogen (secondary N) is 2. The van der Waals surface area contributed by atoms with Gasteiger partial charge < -0.3 is 10.2 Å². The molecule has 27 heavy (non-hydrogen) atoms. The Balaban J connectivity index is 0.00000210. The van der Waals surface area contributed by atoms with Gasteiger partial charge in [-0.25, -0.2) is 4.98 Å². The summed E-state index contributed by atoms with van der Waals surface area (Å²) in [6, 6.07) is 4.60. The van der Waals surface area contributed by atoms with E-state index in [1.807, 2.05) is 26.2 Å². The van der Waals surface area contributed by atoms with Crippen LogP contribution in [0.3, 0.4) is 0 Å². The lowest BCUT2D eigenvalue weighted by Gasteiger charge is -2.32. The zero-order chi connectivity index (χ0) is 18.3. The molecule has 9 heteroatoms. The Hall–Kier alpha value is -2.19. The summed E-state index contributed by atoms with van der Waals surface area (Å²) >= 11 is 0. The molecule has 4 heterocycles. The number of piperidine rings is 2. The summed E-state index contributed by atoms with van der Waals surface area (Å²) in [5, 5.41) is 11.2. The molecule has 0 aliphatic carbocycles. The van der Waals surface area contributed by atoms with Crippen molar-refractivity contribution < 1.29 is 9.59 Å². The molecule has 1 atom stereocenters. The van der Waals surface area contributed by atoms with Crippen molar-refractivity contribution in [3.8, 4) is 0 Å². The van der Waals surface area contributed by atoms with Gasteiger partial charge in [0.1, 0.15) is 5.82 Å². The van der Waals surface area contributed by atoms with E-state index in [1.54, 1.807) is 4.68 Å². The molecule has 2 aromatic heterocycles. The van der Waals surface area contributed by atoms with Crippen molar-refractivity contribution in [1.29, 1.82) is 0 Å². The van der Waals surface area contributed by atoms with E-state index in [4.69, 9.17) is 4.98 Å². The number of amides is 2. The molecule has 2 amide bonds. The first-order valence-electron chi connectivity index (χ1n) is 9.16. The SMILES string of the molecule is CNC1CCN(c2ccc3c(C4CCC(=O)NC4=O)nn(C)c3n2)CC1.Cl. The number of nitrogens with zero attached hydrogens (tertiary/aromatic N) is 4. The number of rotatable bonds is 3. The highest BCUT2D eigenvalue weighted by molar-refractivity contribution is 6.02. The molecule has 0 saturated carbocycles. The highest BCUT2D eigenvalue weighted by Gasteiger charge is 2.32. The fraction of sp³-hybridized carbons (Fsp3) is 0.556. The summed E-state index contributed by atoms with van der Waals surface area (Å²) < 4.78 is 1.73. The quantitative estimate of drug-likeness (QED) is 0.760. The predicted octanol–water partition coefficient (Wildman–Crippen LogP) is 1.10. The van der Waals surface area contributed by atoms with Crippen molar-refractivity contribution in [2.75, 3.05) is 25.0 Å². The van der Waals surface area contributed by atoms with Gasteiger partial charge in [-0.15, -0.1) is 12.4 Å². The van der Waals surface area contributed by atoms with E-state index in [0.717, 1.165) is 42.8 Å². The van der Waals surface area contributed by atoms with Crippen LogP contribution in [0.4, 0.5) is 5.82 Å². The van der Waals surface area contributed by atoms with E-state index in [0.29, 0.717) is 24.6 Å². The number of halogens is 1. The second-order valence-electron chi connectivity index (χ2n) is 7.10. The van der Waals surface area contributed by atoms with Crippen LogP contribution in [-0.2, 0) is 16.6 Å². The van der Waals surface area contributed by atoms with E-state index < -0.39 is 5.92 Å². The molecule has 0 aromatic carbocycles. The fourth-order valence-electron chi connectivity index (χ4n) is 3.93. The third-order valence-corrected chi connectivity index (χ3v) is 5.50. The lowest BCUT2D eigenvalue weighted by atomic mass is 9.93. The average molecular weight is 393 g/mol. The van der Waals surface area contributed by atoms with Gasteiger partial charge in [-0.3, -0.25) is 19.6 Å². The summed E-state index contributed by atoms with van der Waals surface area (Å²) in [4.78, 5) is 30.7. The van der Waals surface area contributed by atoms with E-state index in [1.165, 1.54) is 0 Å². The molecule has 0 bridgehead atoms. The molecule has 2 aliphatic heterocycles. The lowest BCUT2D eigenvalue weighted by Crippen LogP contribution is -2.41. The van der Waals surface area contributed by atoms with Crippen LogP contribution in [0.15, 0.2) is 12.1 Å². The smallest absolute Gasteiger partial charge is 0.235 e. The van der Waals surface area contributed by atoms with Gasteiger partial charge in [-0.05, 0) is 38.4 Å². The van der Waals surface area contributed by atoms with Crippen LogP contribution in [0.25, 0.3) is 11.0 Å². The van der Waals surface area contributed by atoms with Gasteiger partial charge >= 0.3 is 0 Å². The maximum atomic E-state index is 12.2. The van der Waals surface area contributed by atoms with Crippen LogP contribution in [0, 0.1) is 0 Å². The molecule has 2 fully saturated rings. The Morgan fingerprint density at radius 2 is 1.93 bits per heavy atom. The molecule has 4 rings (SSSR count). The van der Waals surface area contributed by atoms with Gasteiger partial charge in [0.2, 0.25) is 11.8 Å². The van der Waals surface area contributed by atoms with E-state index >= 15 is 0 Å². The number of hydrogen-bond donors (Lipinski definition) is 2. The number of fused-ring (bicyclic) bond motifs is 1. The van der Waals surface area contributed by atoms with Crippen molar-refractivity contribution >= 4 is 41.1 Å². The highest BCUT2D eigenvalue weighted by atomic mass is 35.5. The third-order valence-electron chi connectivity index (χ3n) is 5.50. The number of carbonyl (C=O) groups excluding carboxylic acids is 2. The molecular weight excluding hydrogens is 368 g/mol. The molecule has 2 N–H and O–H groups in total. The molecule has 2 aromatic rings. The summed E-state index contributed by atoms with van der Waals surface area (Å²) in [6.45, 7) is 1.95. The van der Waals surface area contributed by atoms with Crippen molar-refractivity contribution in [2.24, 2.45) is 7.05 Å². The molecule has 0 spiro atoms. The standard InChI is InChI=1S/C18H24N6O2.ClH/c1-19-11-7-9-24(10-8-11)14-5-3-12-16(22-23(2)17(12)20-14)13-4-6-15(25)21-18(13)26;/h3,5,11,13,19H,4,6-10H2,1-2H3,(H,21,25,26);1H. The molecule has 2 aliphatic rings. The molecule has 146 valence electrons. The van der Waals surface area contributed by atoms with Gasteiger partial charge in [-0.1, -0.05) is 0 Å². The predicted molar refractivity (Wildman–Crippen MR) is 105 cm³/mol. The number of imide groups is 1. The van der Waals surface area contributed by atoms with E-state index in [-0.39, 0.29) is 24.2 Å². The number of hydrogen-bond acceptors (Lipinski definition) is 6. The van der Waals surface area contributed by atoms with Crippen molar-refractivity contribution in [3.05, 3.63) is 17.8 Å². The minimum Gasteiger partial charge on any atom is -0.356 e. The first-order valence-corrected chi connectivity index (χ1v) is 9.16. The molecular formula is C18H25ClN6O2. The minimum absolute atomic E-state index is 0. The van der Waals surface area contributed by atoms with Crippen LogP contribution in [0.2, 0.25) is 0 Å². The summed E-state index contributed by atoms with van der Waals surface area (Å²) in [7, 11) is 3.86. The summed E-state index contributed by atoms with van der Waals surface area (Å²) in [5.41, 5.74) is 1.48. The maximum Gasteiger partial charge on any atom is 0.235 e. The second-order valence-corrected chi connectivity index (χ2v) is 7.10. The van der Waals surface area contributed by atoms with E-state index in [9.17, 15) is 9.59 Å². The fourth-order valence-corrected chi connectivity index (χ4v) is 3.93. The first kappa shape index (κ1) is 19.6. The van der Waals surface area contributed by atoms with Gasteiger partial charge in [0, 0.05) is 38.0 Å². The highest BCUT2D eigenvalue weighted by Crippen LogP contribution is 2.31. The maximum absolute atomic E-state index is 12.2. The van der Waals surface area contributed by atoms with Crippen molar-refractivity contribution in [3.63, 3.8) is 0 Å². The molecule has 8 nitrogen and oxygen atoms in total. The van der Waals surface area contributed by atoms with E-state index in [2.05, 4.69) is 20.6 Å². The van der Waals surface area contributed by atoms with Gasteiger partial charge in [0.25, 0.3) is 0 Å². The normalized spacial score (nSPS) is 21.3. The number of carbonyl (C=O) groups is 2. The van der Waals surface area contributed by atoms with Crippen LogP contribution >= 0.6 is 12.4 Å². The molecule has 2 saturated heterocycles. The third kappa shape index (κ3) is 3.64. The lowest BCUT2D eigenvalue weighted by molar-refractivity contribution is -0.134. The monoisotopic (exact) mass is 392 g/mol. The number of pyridine rings is 1. The summed E-state index contributed by atoms with van der Waals surface area (Å²) in [5.74, 6) is 0.0802. The van der Waals surface area contributed by atoms with Gasteiger partial charge in [0.15, 0.2) is 5.65 Å². The molecule has 0 radical (unpaired) electrons. The minimum atomic E-state index is -0.393.